The maximum atomic E-state index is 11.7. The van der Waals surface area contributed by atoms with E-state index in [1.165, 1.54) is 25.8 Å². The number of carbonyl (C=O) groups is 1. The number of carbonyl (C=O) groups excluding carboxylic acids is 1. The molecule has 1 aromatic rings. The average molecular weight is 289 g/mol. The van der Waals surface area contributed by atoms with Gasteiger partial charge in [0.2, 0.25) is 5.91 Å². The van der Waals surface area contributed by atoms with Crippen molar-refractivity contribution in [2.75, 3.05) is 39.5 Å². The van der Waals surface area contributed by atoms with Crippen LogP contribution in [-0.2, 0) is 11.2 Å². The fraction of sp³-hybridized carbons (Fsp3) is 0.588. The Morgan fingerprint density at radius 1 is 1.29 bits per heavy atom. The summed E-state index contributed by atoms with van der Waals surface area (Å²) in [5.74, 6) is 0.138. The van der Waals surface area contributed by atoms with Crippen molar-refractivity contribution in [2.45, 2.75) is 31.7 Å². The predicted molar refractivity (Wildman–Crippen MR) is 87.6 cm³/mol. The number of likely N-dealkylation sites (N-methyl/N-ethyl adjacent to an activating group) is 2. The lowest BCUT2D eigenvalue weighted by molar-refractivity contribution is -0.127. The molecule has 1 heterocycles. The van der Waals surface area contributed by atoms with Gasteiger partial charge in [0.1, 0.15) is 0 Å². The third-order valence-electron chi connectivity index (χ3n) is 4.27. The number of piperidine rings is 1. The van der Waals surface area contributed by atoms with Crippen LogP contribution in [0.3, 0.4) is 0 Å². The van der Waals surface area contributed by atoms with Crippen molar-refractivity contribution in [3.05, 3.63) is 29.8 Å². The van der Waals surface area contributed by atoms with E-state index in [1.807, 2.05) is 12.1 Å². The van der Waals surface area contributed by atoms with E-state index in [2.05, 4.69) is 29.4 Å². The van der Waals surface area contributed by atoms with Crippen LogP contribution in [0.4, 0.5) is 5.69 Å². The second kappa shape index (κ2) is 7.46. The Hall–Kier alpha value is -1.55. The highest BCUT2D eigenvalue weighted by Crippen LogP contribution is 2.16. The number of anilines is 1. The zero-order chi connectivity index (χ0) is 15.2. The molecule has 1 amide bonds. The van der Waals surface area contributed by atoms with Crippen molar-refractivity contribution < 1.29 is 4.79 Å². The summed E-state index contributed by atoms with van der Waals surface area (Å²) in [5.41, 5.74) is 2.20. The zero-order valence-corrected chi connectivity index (χ0v) is 13.4. The van der Waals surface area contributed by atoms with E-state index in [-0.39, 0.29) is 5.91 Å². The molecule has 2 rings (SSSR count). The van der Waals surface area contributed by atoms with Crippen molar-refractivity contribution in [1.29, 1.82) is 0 Å². The van der Waals surface area contributed by atoms with E-state index < -0.39 is 0 Å². The number of benzene rings is 1. The van der Waals surface area contributed by atoms with Crippen LogP contribution in [0.25, 0.3) is 0 Å². The van der Waals surface area contributed by atoms with Gasteiger partial charge in [-0.2, -0.15) is 0 Å². The molecule has 1 aliphatic heterocycles. The zero-order valence-electron chi connectivity index (χ0n) is 13.4. The molecule has 0 aromatic heterocycles. The van der Waals surface area contributed by atoms with E-state index in [0.29, 0.717) is 12.5 Å². The minimum Gasteiger partial charge on any atom is -0.383 e. The maximum absolute atomic E-state index is 11.7. The van der Waals surface area contributed by atoms with Gasteiger partial charge in [-0.15, -0.1) is 0 Å². The van der Waals surface area contributed by atoms with Gasteiger partial charge in [-0.1, -0.05) is 18.6 Å². The largest absolute Gasteiger partial charge is 0.383 e. The molecule has 0 radical (unpaired) electrons. The fourth-order valence-electron chi connectivity index (χ4n) is 2.71. The van der Waals surface area contributed by atoms with Crippen molar-refractivity contribution in [2.24, 2.45) is 0 Å². The number of nitrogens with one attached hydrogen (secondary N) is 1. The van der Waals surface area contributed by atoms with E-state index in [0.717, 1.165) is 17.8 Å². The fourth-order valence-corrected chi connectivity index (χ4v) is 2.71. The highest BCUT2D eigenvalue weighted by atomic mass is 16.2. The molecule has 1 aromatic carbocycles. The molecule has 1 atom stereocenters. The lowest BCUT2D eigenvalue weighted by Crippen LogP contribution is -2.40. The molecule has 1 saturated heterocycles. The van der Waals surface area contributed by atoms with E-state index in [1.54, 1.807) is 19.0 Å². The third-order valence-corrected chi connectivity index (χ3v) is 4.27. The highest BCUT2D eigenvalue weighted by molar-refractivity contribution is 5.78. The van der Waals surface area contributed by atoms with Crippen molar-refractivity contribution >= 4 is 11.6 Å². The maximum Gasteiger partial charge on any atom is 0.226 e. The number of hydrogen-bond acceptors (Lipinski definition) is 3. The lowest BCUT2D eigenvalue weighted by atomic mass is 10.0. The van der Waals surface area contributed by atoms with Crippen molar-refractivity contribution in [1.82, 2.24) is 9.80 Å². The Labute approximate surface area is 128 Å². The highest BCUT2D eigenvalue weighted by Gasteiger charge is 2.18. The van der Waals surface area contributed by atoms with Crippen LogP contribution in [0, 0.1) is 0 Å². The summed E-state index contributed by atoms with van der Waals surface area (Å²) >= 11 is 0. The van der Waals surface area contributed by atoms with Crippen molar-refractivity contribution in [3.8, 4) is 0 Å². The van der Waals surface area contributed by atoms with Gasteiger partial charge in [0.25, 0.3) is 0 Å². The number of nitrogens with zero attached hydrogens (tertiary/aromatic N) is 2. The molecule has 0 aliphatic carbocycles. The Morgan fingerprint density at radius 2 is 2.00 bits per heavy atom. The van der Waals surface area contributed by atoms with Gasteiger partial charge < -0.3 is 15.1 Å². The SMILES string of the molecule is CN(C)C(=O)Cc1ccc(NCC2CCCCN2C)cc1. The standard InChI is InChI=1S/C17H27N3O/c1-19(2)17(21)12-14-7-9-15(10-8-14)18-13-16-6-4-5-11-20(16)3/h7-10,16,18H,4-6,11-13H2,1-3H3. The van der Waals surface area contributed by atoms with Crippen LogP contribution < -0.4 is 5.32 Å². The monoisotopic (exact) mass is 289 g/mol. The van der Waals surface area contributed by atoms with E-state index >= 15 is 0 Å². The summed E-state index contributed by atoms with van der Waals surface area (Å²) in [4.78, 5) is 15.7. The number of likely N-dealkylation sites (tertiary alicyclic amines) is 1. The summed E-state index contributed by atoms with van der Waals surface area (Å²) in [5, 5.41) is 3.51. The smallest absolute Gasteiger partial charge is 0.226 e. The van der Waals surface area contributed by atoms with Gasteiger partial charge >= 0.3 is 0 Å². The molecule has 1 unspecified atom stereocenters. The van der Waals surface area contributed by atoms with Crippen LogP contribution in [0.15, 0.2) is 24.3 Å². The molecule has 1 N–H and O–H groups in total. The molecular formula is C17H27N3O. The molecule has 4 nitrogen and oxygen atoms in total. The van der Waals surface area contributed by atoms with Gasteiger partial charge in [-0.05, 0) is 44.1 Å². The summed E-state index contributed by atoms with van der Waals surface area (Å²) in [6, 6.07) is 8.85. The Bertz CT molecular complexity index is 456. The Kier molecular flexibility index (Phi) is 5.62. The van der Waals surface area contributed by atoms with Crippen molar-refractivity contribution in [3.63, 3.8) is 0 Å². The first kappa shape index (κ1) is 15.8. The van der Waals surface area contributed by atoms with Gasteiger partial charge in [0.05, 0.1) is 6.42 Å². The van der Waals surface area contributed by atoms with Gasteiger partial charge in [-0.3, -0.25) is 4.79 Å². The Balaban J connectivity index is 1.83. The number of amides is 1. The molecule has 1 aliphatic rings. The van der Waals surface area contributed by atoms with Crippen LogP contribution in [0.1, 0.15) is 24.8 Å². The van der Waals surface area contributed by atoms with Crippen LogP contribution in [-0.4, -0.2) is 56.0 Å². The molecule has 1 fully saturated rings. The molecule has 21 heavy (non-hydrogen) atoms. The quantitative estimate of drug-likeness (QED) is 0.903. The first-order valence-electron chi connectivity index (χ1n) is 7.79. The molecular weight excluding hydrogens is 262 g/mol. The second-order valence-corrected chi connectivity index (χ2v) is 6.17. The minimum absolute atomic E-state index is 0.138. The van der Waals surface area contributed by atoms with E-state index in [9.17, 15) is 4.79 Å². The predicted octanol–water partition coefficient (Wildman–Crippen LogP) is 2.21. The van der Waals surface area contributed by atoms with Gasteiger partial charge in [-0.25, -0.2) is 0 Å². The molecule has 0 spiro atoms. The molecule has 0 saturated carbocycles. The minimum atomic E-state index is 0.138. The second-order valence-electron chi connectivity index (χ2n) is 6.17. The summed E-state index contributed by atoms with van der Waals surface area (Å²) < 4.78 is 0. The lowest BCUT2D eigenvalue weighted by Gasteiger charge is -2.32. The topological polar surface area (TPSA) is 35.6 Å². The third kappa shape index (κ3) is 4.74. The normalized spacial score (nSPS) is 19.3. The molecule has 4 heteroatoms. The van der Waals surface area contributed by atoms with E-state index in [4.69, 9.17) is 0 Å². The van der Waals surface area contributed by atoms with Crippen LogP contribution in [0.2, 0.25) is 0 Å². The van der Waals surface area contributed by atoms with Crippen LogP contribution in [0.5, 0.6) is 0 Å². The first-order chi connectivity index (χ1) is 10.1. The molecule has 116 valence electrons. The van der Waals surface area contributed by atoms with Gasteiger partial charge in [0.15, 0.2) is 0 Å². The Morgan fingerprint density at radius 3 is 2.62 bits per heavy atom. The summed E-state index contributed by atoms with van der Waals surface area (Å²) in [6.45, 7) is 2.20. The van der Waals surface area contributed by atoms with Crippen LogP contribution >= 0.6 is 0 Å². The summed E-state index contributed by atoms with van der Waals surface area (Å²) in [6.07, 6.45) is 4.40. The summed E-state index contributed by atoms with van der Waals surface area (Å²) in [7, 11) is 5.79. The van der Waals surface area contributed by atoms with Gasteiger partial charge in [0, 0.05) is 32.4 Å². The first-order valence-corrected chi connectivity index (χ1v) is 7.79. The number of rotatable bonds is 5. The average Bonchev–Trinajstić information content (AvgIpc) is 2.48. The molecule has 0 bridgehead atoms. The number of hydrogen-bond donors (Lipinski definition) is 1.